The van der Waals surface area contributed by atoms with Gasteiger partial charge in [0.05, 0.1) is 6.10 Å². The van der Waals surface area contributed by atoms with Crippen molar-refractivity contribution in [3.8, 4) is 0 Å². The van der Waals surface area contributed by atoms with Gasteiger partial charge in [0, 0.05) is 6.04 Å². The molecule has 4 N–H and O–H groups in total. The summed E-state index contributed by atoms with van der Waals surface area (Å²) >= 11 is 0. The second-order valence-electron chi connectivity index (χ2n) is 4.87. The van der Waals surface area contributed by atoms with E-state index in [0.717, 1.165) is 24.8 Å². The minimum Gasteiger partial charge on any atom is -0.390 e. The Morgan fingerprint density at radius 3 is 2.69 bits per heavy atom. The summed E-state index contributed by atoms with van der Waals surface area (Å²) in [6, 6.07) is 0.319. The summed E-state index contributed by atoms with van der Waals surface area (Å²) in [6.07, 6.45) is 6.14. The molecule has 90 valence electrons. The average molecular weight is 223 g/mol. The second kappa shape index (κ2) is 4.70. The predicted molar refractivity (Wildman–Crippen MR) is 63.8 cm³/mol. The number of aliphatic hydroxyl groups is 2. The lowest BCUT2D eigenvalue weighted by Crippen LogP contribution is -2.24. The maximum Gasteiger partial charge on any atom is 0.101 e. The van der Waals surface area contributed by atoms with Gasteiger partial charge in [0.15, 0.2) is 0 Å². The Balaban J connectivity index is 1.83. The minimum atomic E-state index is -0.665. The van der Waals surface area contributed by atoms with Gasteiger partial charge in [-0.2, -0.15) is 0 Å². The van der Waals surface area contributed by atoms with Crippen LogP contribution in [0, 0.1) is 5.92 Å². The van der Waals surface area contributed by atoms with Crippen molar-refractivity contribution in [3.05, 3.63) is 23.3 Å². The molecule has 4 unspecified atom stereocenters. The van der Waals surface area contributed by atoms with Crippen LogP contribution in [0.2, 0.25) is 0 Å². The Bertz CT molecular complexity index is 322. The van der Waals surface area contributed by atoms with Crippen molar-refractivity contribution in [2.75, 3.05) is 0 Å². The molecule has 0 aromatic carbocycles. The summed E-state index contributed by atoms with van der Waals surface area (Å²) in [5.41, 5.74) is 8.12. The molecule has 0 spiro atoms. The molecule has 3 heteroatoms. The van der Waals surface area contributed by atoms with Gasteiger partial charge in [-0.25, -0.2) is 0 Å². The maximum atomic E-state index is 9.77. The first kappa shape index (κ1) is 11.8. The lowest BCUT2D eigenvalue weighted by molar-refractivity contribution is 0.0464. The SMILES string of the molecule is CC/C(=C\CC(O)C(O)C1=CC1)C1CC1N. The summed E-state index contributed by atoms with van der Waals surface area (Å²) in [6.45, 7) is 2.11. The summed E-state index contributed by atoms with van der Waals surface area (Å²) < 4.78 is 0. The Kier molecular flexibility index (Phi) is 3.47. The fourth-order valence-electron chi connectivity index (χ4n) is 2.15. The Labute approximate surface area is 96.7 Å². The van der Waals surface area contributed by atoms with E-state index in [1.54, 1.807) is 0 Å². The third-order valence-electron chi connectivity index (χ3n) is 3.53. The number of nitrogens with two attached hydrogens (primary N) is 1. The Morgan fingerprint density at radius 1 is 1.62 bits per heavy atom. The van der Waals surface area contributed by atoms with Crippen molar-refractivity contribution >= 4 is 0 Å². The molecule has 0 heterocycles. The van der Waals surface area contributed by atoms with Crippen LogP contribution in [0.5, 0.6) is 0 Å². The fraction of sp³-hybridized carbons (Fsp3) is 0.692. The molecular weight excluding hydrogens is 202 g/mol. The van der Waals surface area contributed by atoms with Crippen LogP contribution < -0.4 is 5.73 Å². The van der Waals surface area contributed by atoms with Crippen LogP contribution >= 0.6 is 0 Å². The standard InChI is InChI=1S/C13H21NO2/c1-2-8(10-7-11(10)14)5-6-12(15)13(16)9-3-4-9/h3,5,10-13,15-16H,2,4,6-7,14H2,1H3/b8-5+. The normalized spacial score (nSPS) is 32.0. The first-order valence-electron chi connectivity index (χ1n) is 6.13. The molecular formula is C13H21NO2. The maximum absolute atomic E-state index is 9.77. The molecule has 1 saturated carbocycles. The zero-order valence-electron chi connectivity index (χ0n) is 9.76. The number of rotatable bonds is 6. The van der Waals surface area contributed by atoms with Crippen molar-refractivity contribution in [2.24, 2.45) is 11.7 Å². The first-order valence-corrected chi connectivity index (χ1v) is 6.13. The van der Waals surface area contributed by atoms with Gasteiger partial charge < -0.3 is 15.9 Å². The molecule has 2 rings (SSSR count). The number of allylic oxidation sites excluding steroid dienone is 1. The van der Waals surface area contributed by atoms with Crippen LogP contribution in [0.4, 0.5) is 0 Å². The van der Waals surface area contributed by atoms with E-state index in [0.29, 0.717) is 18.4 Å². The fourth-order valence-corrected chi connectivity index (χ4v) is 2.15. The number of hydrogen-bond donors (Lipinski definition) is 3. The smallest absolute Gasteiger partial charge is 0.101 e. The Hall–Kier alpha value is -0.640. The van der Waals surface area contributed by atoms with E-state index in [-0.39, 0.29) is 0 Å². The molecule has 2 aliphatic carbocycles. The van der Waals surface area contributed by atoms with E-state index < -0.39 is 12.2 Å². The van der Waals surface area contributed by atoms with Crippen molar-refractivity contribution in [3.63, 3.8) is 0 Å². The van der Waals surface area contributed by atoms with Gasteiger partial charge in [-0.15, -0.1) is 0 Å². The van der Waals surface area contributed by atoms with Crippen molar-refractivity contribution < 1.29 is 10.2 Å². The van der Waals surface area contributed by atoms with Crippen LogP contribution in [0.3, 0.4) is 0 Å². The quantitative estimate of drug-likeness (QED) is 0.591. The van der Waals surface area contributed by atoms with E-state index >= 15 is 0 Å². The van der Waals surface area contributed by atoms with E-state index in [1.165, 1.54) is 5.57 Å². The molecule has 0 aromatic heterocycles. The van der Waals surface area contributed by atoms with Gasteiger partial charge in [-0.3, -0.25) is 0 Å². The molecule has 3 nitrogen and oxygen atoms in total. The molecule has 0 bridgehead atoms. The molecule has 0 amide bonds. The summed E-state index contributed by atoms with van der Waals surface area (Å²) in [5.74, 6) is 0.523. The van der Waals surface area contributed by atoms with Gasteiger partial charge in [0.25, 0.3) is 0 Å². The first-order chi connectivity index (χ1) is 7.63. The monoisotopic (exact) mass is 223 g/mol. The molecule has 1 fully saturated rings. The largest absolute Gasteiger partial charge is 0.390 e. The summed E-state index contributed by atoms with van der Waals surface area (Å²) in [4.78, 5) is 0. The van der Waals surface area contributed by atoms with Gasteiger partial charge in [0.2, 0.25) is 0 Å². The molecule has 2 aliphatic rings. The highest BCUT2D eigenvalue weighted by Gasteiger charge is 2.35. The zero-order valence-corrected chi connectivity index (χ0v) is 9.76. The number of aliphatic hydroxyl groups excluding tert-OH is 2. The Morgan fingerprint density at radius 2 is 2.25 bits per heavy atom. The van der Waals surface area contributed by atoms with E-state index in [9.17, 15) is 10.2 Å². The van der Waals surface area contributed by atoms with Gasteiger partial charge >= 0.3 is 0 Å². The van der Waals surface area contributed by atoms with E-state index in [2.05, 4.69) is 13.0 Å². The van der Waals surface area contributed by atoms with E-state index in [4.69, 9.17) is 5.73 Å². The van der Waals surface area contributed by atoms with Gasteiger partial charge in [-0.1, -0.05) is 24.6 Å². The number of hydrogen-bond acceptors (Lipinski definition) is 3. The van der Waals surface area contributed by atoms with Gasteiger partial charge in [-0.05, 0) is 37.2 Å². The van der Waals surface area contributed by atoms with E-state index in [1.807, 2.05) is 6.08 Å². The second-order valence-corrected chi connectivity index (χ2v) is 4.87. The third-order valence-corrected chi connectivity index (χ3v) is 3.53. The van der Waals surface area contributed by atoms with Crippen LogP contribution in [-0.4, -0.2) is 28.5 Å². The van der Waals surface area contributed by atoms with Gasteiger partial charge in [0.1, 0.15) is 6.10 Å². The molecule has 0 aliphatic heterocycles. The summed E-state index contributed by atoms with van der Waals surface area (Å²) in [7, 11) is 0. The lowest BCUT2D eigenvalue weighted by Gasteiger charge is -2.14. The van der Waals surface area contributed by atoms with Crippen LogP contribution in [-0.2, 0) is 0 Å². The molecule has 0 aromatic rings. The van der Waals surface area contributed by atoms with Crippen LogP contribution in [0.25, 0.3) is 0 Å². The predicted octanol–water partition coefficient (Wildman–Crippen LogP) is 1.11. The third kappa shape index (κ3) is 2.73. The average Bonchev–Trinajstić information content (AvgIpc) is 3.14. The van der Waals surface area contributed by atoms with Crippen LogP contribution in [0.1, 0.15) is 32.6 Å². The topological polar surface area (TPSA) is 66.5 Å². The van der Waals surface area contributed by atoms with Crippen molar-refractivity contribution in [2.45, 2.75) is 50.9 Å². The van der Waals surface area contributed by atoms with Crippen LogP contribution in [0.15, 0.2) is 23.3 Å². The summed E-state index contributed by atoms with van der Waals surface area (Å²) in [5, 5.41) is 19.5. The van der Waals surface area contributed by atoms with Crippen molar-refractivity contribution in [1.29, 1.82) is 0 Å². The highest BCUT2D eigenvalue weighted by atomic mass is 16.3. The zero-order chi connectivity index (χ0) is 11.7. The minimum absolute atomic E-state index is 0.319. The molecule has 0 saturated heterocycles. The lowest BCUT2D eigenvalue weighted by atomic mass is 10.0. The molecule has 16 heavy (non-hydrogen) atoms. The highest BCUT2D eigenvalue weighted by molar-refractivity contribution is 5.27. The highest BCUT2D eigenvalue weighted by Crippen LogP contribution is 2.37. The molecule has 0 radical (unpaired) electrons. The molecule has 4 atom stereocenters. The van der Waals surface area contributed by atoms with Crippen molar-refractivity contribution in [1.82, 2.24) is 0 Å².